The van der Waals surface area contributed by atoms with Crippen LogP contribution in [0, 0.1) is 10.8 Å². The molecule has 0 fully saturated rings. The normalized spacial score (nSPS) is 17.5. The molecule has 1 aliphatic heterocycles. The second-order valence-electron chi connectivity index (χ2n) is 10.2. The lowest BCUT2D eigenvalue weighted by Gasteiger charge is -2.20. The van der Waals surface area contributed by atoms with E-state index >= 15 is 0 Å². The largest absolute Gasteiger partial charge is 0.481 e. The van der Waals surface area contributed by atoms with Crippen LogP contribution >= 0.6 is 23.1 Å². The third-order valence-corrected chi connectivity index (χ3v) is 8.48. The highest BCUT2D eigenvalue weighted by atomic mass is 32.2. The monoisotopic (exact) mass is 464 g/mol. The molecule has 0 aliphatic carbocycles. The molecule has 0 radical (unpaired) electrons. The van der Waals surface area contributed by atoms with Crippen LogP contribution in [0.5, 0.6) is 0 Å². The van der Waals surface area contributed by atoms with Crippen molar-refractivity contribution in [1.29, 1.82) is 0 Å². The summed E-state index contributed by atoms with van der Waals surface area (Å²) in [6, 6.07) is 4.48. The molecule has 1 atom stereocenters. The first-order chi connectivity index (χ1) is 14.6. The summed E-state index contributed by atoms with van der Waals surface area (Å²) in [6.07, 6.45) is 16.4. The van der Waals surface area contributed by atoms with Crippen LogP contribution in [0.1, 0.15) is 88.8 Å². The van der Waals surface area contributed by atoms with Gasteiger partial charge in [0.25, 0.3) is 0 Å². The fraction of sp³-hybridized carbons (Fsp3) is 0.654. The Morgan fingerprint density at radius 1 is 1.10 bits per heavy atom. The van der Waals surface area contributed by atoms with Crippen molar-refractivity contribution in [3.8, 4) is 0 Å². The topological polar surface area (TPSA) is 57.5 Å². The first kappa shape index (κ1) is 26.2. The molecule has 0 bridgehead atoms. The highest BCUT2D eigenvalue weighted by molar-refractivity contribution is 8.04. The Bertz CT molecular complexity index is 758. The summed E-state index contributed by atoms with van der Waals surface area (Å²) in [4.78, 5) is 15.4. The van der Waals surface area contributed by atoms with Crippen molar-refractivity contribution in [3.05, 3.63) is 38.9 Å². The summed E-state index contributed by atoms with van der Waals surface area (Å²) in [7, 11) is 0. The predicted molar refractivity (Wildman–Crippen MR) is 136 cm³/mol. The molecule has 0 amide bonds. The lowest BCUT2D eigenvalue weighted by atomic mass is 9.87. The fourth-order valence-electron chi connectivity index (χ4n) is 3.59. The minimum absolute atomic E-state index is 0.0459. The lowest BCUT2D eigenvalue weighted by Crippen LogP contribution is -2.23. The van der Waals surface area contributed by atoms with E-state index in [9.17, 15) is 15.0 Å². The molecule has 1 aliphatic rings. The zero-order chi connectivity index (χ0) is 22.9. The smallest absolute Gasteiger partial charge is 0.309 e. The molecular formula is C26H40O3S2. The van der Waals surface area contributed by atoms with E-state index in [0.717, 1.165) is 51.4 Å². The summed E-state index contributed by atoms with van der Waals surface area (Å²) in [5.74, 6) is -0.700. The van der Waals surface area contributed by atoms with Crippen LogP contribution in [-0.4, -0.2) is 28.0 Å². The molecule has 1 aromatic rings. The Labute approximate surface area is 197 Å². The van der Waals surface area contributed by atoms with Crippen molar-refractivity contribution in [1.82, 2.24) is 0 Å². The maximum Gasteiger partial charge on any atom is 0.309 e. The van der Waals surface area contributed by atoms with Gasteiger partial charge in [-0.25, -0.2) is 0 Å². The Morgan fingerprint density at radius 2 is 1.81 bits per heavy atom. The highest BCUT2D eigenvalue weighted by Crippen LogP contribution is 2.37. The third-order valence-electron chi connectivity index (χ3n) is 6.05. The lowest BCUT2D eigenvalue weighted by molar-refractivity contribution is -0.147. The standard InChI is InChI=1S/C26H40O3S2/c1-25(2,19-27)17-7-5-9-20-11-13-22(30-20)15-16-23-14-12-21(31-23)10-6-8-18-26(3,4)24(28)29/h11-13,15-16,23,27H,5-10,14,17-19H2,1-4H3,(H,28,29)/b16-15+. The molecule has 0 spiro atoms. The Hall–Kier alpha value is -1.04. The number of carboxylic acid groups (broad SMARTS) is 1. The van der Waals surface area contributed by atoms with Gasteiger partial charge >= 0.3 is 5.97 Å². The van der Waals surface area contributed by atoms with Gasteiger partial charge in [-0.2, -0.15) is 0 Å². The molecule has 2 N–H and O–H groups in total. The second-order valence-corrected chi connectivity index (χ2v) is 12.7. The molecule has 2 rings (SSSR count). The first-order valence-corrected chi connectivity index (χ1v) is 13.3. The van der Waals surface area contributed by atoms with Gasteiger partial charge in [-0.15, -0.1) is 23.1 Å². The van der Waals surface area contributed by atoms with Gasteiger partial charge in [0.1, 0.15) is 0 Å². The molecule has 0 saturated carbocycles. The maximum atomic E-state index is 11.2. The number of carboxylic acids is 1. The number of aliphatic carboxylic acids is 1. The zero-order valence-electron chi connectivity index (χ0n) is 19.7. The number of aliphatic hydroxyl groups is 1. The van der Waals surface area contributed by atoms with E-state index in [1.807, 2.05) is 36.9 Å². The second kappa shape index (κ2) is 12.3. The van der Waals surface area contributed by atoms with Crippen LogP contribution in [-0.2, 0) is 11.2 Å². The van der Waals surface area contributed by atoms with Crippen molar-refractivity contribution in [2.75, 3.05) is 6.61 Å². The van der Waals surface area contributed by atoms with Gasteiger partial charge in [-0.05, 0) is 87.3 Å². The molecular weight excluding hydrogens is 424 g/mol. The summed E-state index contributed by atoms with van der Waals surface area (Å²) < 4.78 is 0. The predicted octanol–water partition coefficient (Wildman–Crippen LogP) is 7.55. The first-order valence-electron chi connectivity index (χ1n) is 11.6. The van der Waals surface area contributed by atoms with Crippen molar-refractivity contribution < 1.29 is 15.0 Å². The Kier molecular flexibility index (Phi) is 10.4. The molecule has 0 aromatic carbocycles. The number of rotatable bonds is 14. The van der Waals surface area contributed by atoms with Gasteiger partial charge in [-0.1, -0.05) is 38.8 Å². The average Bonchev–Trinajstić information content (AvgIpc) is 3.36. The quantitative estimate of drug-likeness (QED) is 0.279. The van der Waals surface area contributed by atoms with Gasteiger partial charge in [0, 0.05) is 21.6 Å². The highest BCUT2D eigenvalue weighted by Gasteiger charge is 2.26. The summed E-state index contributed by atoms with van der Waals surface area (Å²) >= 11 is 3.86. The number of hydrogen-bond donors (Lipinski definition) is 2. The van der Waals surface area contributed by atoms with Crippen molar-refractivity contribution in [2.24, 2.45) is 10.8 Å². The zero-order valence-corrected chi connectivity index (χ0v) is 21.3. The minimum Gasteiger partial charge on any atom is -0.481 e. The molecule has 1 unspecified atom stereocenters. The van der Waals surface area contributed by atoms with Crippen LogP contribution in [0.2, 0.25) is 0 Å². The number of aliphatic hydroxyl groups excluding tert-OH is 1. The van der Waals surface area contributed by atoms with E-state index in [4.69, 9.17) is 0 Å². The van der Waals surface area contributed by atoms with E-state index in [2.05, 4.69) is 44.2 Å². The fourth-order valence-corrected chi connectivity index (χ4v) is 5.75. The molecule has 1 aromatic heterocycles. The molecule has 0 saturated heterocycles. The Balaban J connectivity index is 1.65. The van der Waals surface area contributed by atoms with Crippen LogP contribution in [0.15, 0.2) is 29.2 Å². The van der Waals surface area contributed by atoms with Gasteiger partial charge in [-0.3, -0.25) is 4.79 Å². The number of aryl methyl sites for hydroxylation is 1. The van der Waals surface area contributed by atoms with E-state index in [1.165, 1.54) is 21.1 Å². The van der Waals surface area contributed by atoms with E-state index in [-0.39, 0.29) is 12.0 Å². The van der Waals surface area contributed by atoms with Crippen LogP contribution < -0.4 is 0 Å². The summed E-state index contributed by atoms with van der Waals surface area (Å²) in [5, 5.41) is 19.1. The van der Waals surface area contributed by atoms with Crippen LogP contribution in [0.3, 0.4) is 0 Å². The molecule has 2 heterocycles. The van der Waals surface area contributed by atoms with Gasteiger partial charge in [0.2, 0.25) is 0 Å². The van der Waals surface area contributed by atoms with Gasteiger partial charge in [0.05, 0.1) is 5.41 Å². The van der Waals surface area contributed by atoms with Crippen molar-refractivity contribution >= 4 is 35.1 Å². The van der Waals surface area contributed by atoms with Gasteiger partial charge < -0.3 is 10.2 Å². The third kappa shape index (κ3) is 9.55. The number of thiophene rings is 1. The number of hydrogen-bond acceptors (Lipinski definition) is 4. The summed E-state index contributed by atoms with van der Waals surface area (Å²) in [5.41, 5.74) is -0.567. The molecule has 3 nitrogen and oxygen atoms in total. The van der Waals surface area contributed by atoms with E-state index in [1.54, 1.807) is 0 Å². The minimum atomic E-state index is -0.700. The summed E-state index contributed by atoms with van der Waals surface area (Å²) in [6.45, 7) is 8.14. The van der Waals surface area contributed by atoms with E-state index < -0.39 is 11.4 Å². The van der Waals surface area contributed by atoms with Crippen LogP contribution in [0.25, 0.3) is 6.08 Å². The molecule has 5 heteroatoms. The van der Waals surface area contributed by atoms with Crippen molar-refractivity contribution in [3.63, 3.8) is 0 Å². The SMILES string of the molecule is CC(C)(CO)CCCCc1ccc(/C=C/C2CC=C(CCCCC(C)(C)C(=O)O)S2)s1. The van der Waals surface area contributed by atoms with Crippen molar-refractivity contribution in [2.45, 2.75) is 90.7 Å². The average molecular weight is 465 g/mol. The molecule has 174 valence electrons. The van der Waals surface area contributed by atoms with Crippen LogP contribution in [0.4, 0.5) is 0 Å². The van der Waals surface area contributed by atoms with Gasteiger partial charge in [0.15, 0.2) is 0 Å². The maximum absolute atomic E-state index is 11.2. The molecule has 31 heavy (non-hydrogen) atoms. The van der Waals surface area contributed by atoms with E-state index in [0.29, 0.717) is 5.25 Å². The Morgan fingerprint density at radius 3 is 2.52 bits per heavy atom. The number of allylic oxidation sites excluding steroid dienone is 2. The number of unbranched alkanes of at least 4 members (excludes halogenated alkanes) is 2. The number of thioether (sulfide) groups is 1. The number of carbonyl (C=O) groups is 1.